The number of aromatic amines is 1. The molecule has 2 N–H and O–H groups in total. The van der Waals surface area contributed by atoms with Crippen LogP contribution in [0.3, 0.4) is 0 Å². The van der Waals surface area contributed by atoms with E-state index in [2.05, 4.69) is 35.4 Å². The average molecular weight is 484 g/mol. The molecule has 1 saturated heterocycles. The van der Waals surface area contributed by atoms with Gasteiger partial charge in [0, 0.05) is 61.3 Å². The van der Waals surface area contributed by atoms with Crippen LogP contribution >= 0.6 is 23.2 Å². The summed E-state index contributed by atoms with van der Waals surface area (Å²) in [6.45, 7) is 7.42. The van der Waals surface area contributed by atoms with Gasteiger partial charge >= 0.3 is 0 Å². The Hall–Kier alpha value is -2.94. The van der Waals surface area contributed by atoms with Crippen LogP contribution in [0.2, 0.25) is 10.0 Å². The van der Waals surface area contributed by atoms with Gasteiger partial charge in [-0.3, -0.25) is 10.1 Å². The van der Waals surface area contributed by atoms with Crippen LogP contribution in [-0.2, 0) is 0 Å². The SMILES string of the molecule is Cc1ncc(Cl)c([C@@H](C)Oc2ccc3[nH]nc(-c4cnc(N5CCNCC5)nc4)c3c2)c1Cl. The topological polar surface area (TPSA) is 91.8 Å². The van der Waals surface area contributed by atoms with Crippen LogP contribution in [-0.4, -0.2) is 51.3 Å². The first-order chi connectivity index (χ1) is 16.0. The molecule has 5 rings (SSSR count). The molecule has 10 heteroatoms. The standard InChI is InChI=1S/C23H23Cl2N7O/c1-13-21(25)20(18(24)12-27-13)14(2)33-16-3-4-19-17(9-16)22(31-30-19)15-10-28-23(29-11-15)32-7-5-26-6-8-32/h3-4,9-12,14,26H,5-8H2,1-2H3,(H,30,31)/t14-/m1/s1. The molecule has 0 spiro atoms. The Morgan fingerprint density at radius 2 is 1.82 bits per heavy atom. The van der Waals surface area contributed by atoms with Crippen molar-refractivity contribution in [3.8, 4) is 17.0 Å². The predicted octanol–water partition coefficient (Wildman–Crippen LogP) is 4.58. The number of anilines is 1. The van der Waals surface area contributed by atoms with E-state index < -0.39 is 0 Å². The Morgan fingerprint density at radius 3 is 2.58 bits per heavy atom. The Kier molecular flexibility index (Phi) is 6.05. The lowest BCUT2D eigenvalue weighted by molar-refractivity contribution is 0.227. The fraction of sp³-hybridized carbons (Fsp3) is 0.304. The lowest BCUT2D eigenvalue weighted by Gasteiger charge is -2.27. The Balaban J connectivity index is 1.42. The molecular weight excluding hydrogens is 461 g/mol. The van der Waals surface area contributed by atoms with Crippen LogP contribution in [0.1, 0.15) is 24.3 Å². The summed E-state index contributed by atoms with van der Waals surface area (Å²) < 4.78 is 6.20. The van der Waals surface area contributed by atoms with E-state index in [1.54, 1.807) is 6.20 Å². The number of hydrogen-bond donors (Lipinski definition) is 2. The molecule has 1 aliphatic rings. The van der Waals surface area contributed by atoms with Crippen molar-refractivity contribution in [1.29, 1.82) is 0 Å². The lowest BCUT2D eigenvalue weighted by Crippen LogP contribution is -2.44. The summed E-state index contributed by atoms with van der Waals surface area (Å²) in [4.78, 5) is 15.5. The number of nitrogens with one attached hydrogen (secondary N) is 2. The van der Waals surface area contributed by atoms with Crippen LogP contribution in [0.5, 0.6) is 5.75 Å². The van der Waals surface area contributed by atoms with Crippen molar-refractivity contribution in [1.82, 2.24) is 30.5 Å². The summed E-state index contributed by atoms with van der Waals surface area (Å²) in [6, 6.07) is 5.77. The highest BCUT2D eigenvalue weighted by Crippen LogP contribution is 2.35. The van der Waals surface area contributed by atoms with Gasteiger partial charge in [0.1, 0.15) is 17.5 Å². The second-order valence-corrected chi connectivity index (χ2v) is 8.75. The van der Waals surface area contributed by atoms with Crippen LogP contribution < -0.4 is 15.0 Å². The van der Waals surface area contributed by atoms with E-state index in [1.165, 1.54) is 0 Å². The average Bonchev–Trinajstić information content (AvgIpc) is 3.26. The smallest absolute Gasteiger partial charge is 0.225 e. The Labute approximate surface area is 201 Å². The van der Waals surface area contributed by atoms with E-state index in [0.717, 1.165) is 59.9 Å². The summed E-state index contributed by atoms with van der Waals surface area (Å²) in [5, 5.41) is 12.8. The maximum Gasteiger partial charge on any atom is 0.225 e. The van der Waals surface area contributed by atoms with Crippen molar-refractivity contribution in [2.75, 3.05) is 31.1 Å². The van der Waals surface area contributed by atoms with Gasteiger partial charge in [0.2, 0.25) is 5.95 Å². The van der Waals surface area contributed by atoms with E-state index in [9.17, 15) is 0 Å². The molecule has 4 heterocycles. The molecule has 1 fully saturated rings. The number of halogens is 2. The van der Waals surface area contributed by atoms with E-state index in [1.807, 2.05) is 44.4 Å². The van der Waals surface area contributed by atoms with Gasteiger partial charge in [0.25, 0.3) is 0 Å². The van der Waals surface area contributed by atoms with Crippen molar-refractivity contribution in [2.45, 2.75) is 20.0 Å². The van der Waals surface area contributed by atoms with E-state index in [0.29, 0.717) is 21.5 Å². The van der Waals surface area contributed by atoms with Gasteiger partial charge in [-0.1, -0.05) is 23.2 Å². The fourth-order valence-corrected chi connectivity index (χ4v) is 4.62. The van der Waals surface area contributed by atoms with Crippen molar-refractivity contribution < 1.29 is 4.74 Å². The summed E-state index contributed by atoms with van der Waals surface area (Å²) in [5.74, 6) is 1.41. The van der Waals surface area contributed by atoms with Gasteiger partial charge in [-0.05, 0) is 32.0 Å². The first-order valence-corrected chi connectivity index (χ1v) is 11.5. The van der Waals surface area contributed by atoms with Gasteiger partial charge in [-0.2, -0.15) is 5.10 Å². The largest absolute Gasteiger partial charge is 0.486 e. The minimum atomic E-state index is -0.360. The molecule has 0 saturated carbocycles. The number of hydrogen-bond acceptors (Lipinski definition) is 7. The molecular formula is C23H23Cl2N7O. The molecule has 4 aromatic rings. The van der Waals surface area contributed by atoms with Crippen molar-refractivity contribution in [3.05, 3.63) is 58.1 Å². The lowest BCUT2D eigenvalue weighted by atomic mass is 10.1. The Bertz CT molecular complexity index is 1290. The zero-order chi connectivity index (χ0) is 22.9. The zero-order valence-corrected chi connectivity index (χ0v) is 19.8. The number of pyridine rings is 1. The molecule has 3 aromatic heterocycles. The zero-order valence-electron chi connectivity index (χ0n) is 18.3. The molecule has 8 nitrogen and oxygen atoms in total. The van der Waals surface area contributed by atoms with Crippen molar-refractivity contribution in [2.24, 2.45) is 0 Å². The third kappa shape index (κ3) is 4.34. The molecule has 33 heavy (non-hydrogen) atoms. The van der Waals surface area contributed by atoms with Crippen LogP contribution in [0, 0.1) is 6.92 Å². The number of fused-ring (bicyclic) bond motifs is 1. The second-order valence-electron chi connectivity index (χ2n) is 7.97. The maximum atomic E-state index is 6.45. The minimum absolute atomic E-state index is 0.360. The number of aromatic nitrogens is 5. The molecule has 0 bridgehead atoms. The normalized spacial score (nSPS) is 15.1. The third-order valence-corrected chi connectivity index (χ3v) is 6.53. The number of nitrogens with zero attached hydrogens (tertiary/aromatic N) is 5. The fourth-order valence-electron chi connectivity index (χ4n) is 3.97. The van der Waals surface area contributed by atoms with Gasteiger partial charge in [-0.15, -0.1) is 0 Å². The van der Waals surface area contributed by atoms with Crippen molar-refractivity contribution >= 4 is 40.1 Å². The first-order valence-electron chi connectivity index (χ1n) is 10.7. The number of aryl methyl sites for hydroxylation is 1. The second kappa shape index (κ2) is 9.13. The summed E-state index contributed by atoms with van der Waals surface area (Å²) in [7, 11) is 0. The number of ether oxygens (including phenoxy) is 1. The van der Waals surface area contributed by atoms with E-state index in [4.69, 9.17) is 27.9 Å². The maximum absolute atomic E-state index is 6.45. The highest BCUT2D eigenvalue weighted by Gasteiger charge is 2.19. The quantitative estimate of drug-likeness (QED) is 0.429. The molecule has 1 aromatic carbocycles. The highest BCUT2D eigenvalue weighted by atomic mass is 35.5. The molecule has 0 amide bonds. The number of rotatable bonds is 5. The van der Waals surface area contributed by atoms with Crippen LogP contribution in [0.15, 0.2) is 36.8 Å². The van der Waals surface area contributed by atoms with Gasteiger partial charge < -0.3 is 15.0 Å². The predicted molar refractivity (Wildman–Crippen MR) is 130 cm³/mol. The number of H-pyrrole nitrogens is 1. The Morgan fingerprint density at radius 1 is 1.06 bits per heavy atom. The molecule has 1 atom stereocenters. The molecule has 1 aliphatic heterocycles. The van der Waals surface area contributed by atoms with Crippen LogP contribution in [0.25, 0.3) is 22.2 Å². The van der Waals surface area contributed by atoms with E-state index >= 15 is 0 Å². The van der Waals surface area contributed by atoms with E-state index in [-0.39, 0.29) is 6.10 Å². The molecule has 0 aliphatic carbocycles. The van der Waals surface area contributed by atoms with Gasteiger partial charge in [-0.25, -0.2) is 9.97 Å². The van der Waals surface area contributed by atoms with Crippen LogP contribution in [0.4, 0.5) is 5.95 Å². The van der Waals surface area contributed by atoms with Gasteiger partial charge in [0.05, 0.1) is 21.3 Å². The molecule has 0 unspecified atom stereocenters. The third-order valence-electron chi connectivity index (χ3n) is 5.75. The number of piperazine rings is 1. The summed E-state index contributed by atoms with van der Waals surface area (Å²) in [6.07, 6.45) is 4.87. The van der Waals surface area contributed by atoms with Gasteiger partial charge in [0.15, 0.2) is 0 Å². The number of benzene rings is 1. The molecule has 0 radical (unpaired) electrons. The highest BCUT2D eigenvalue weighted by molar-refractivity contribution is 6.36. The molecule has 170 valence electrons. The van der Waals surface area contributed by atoms with Crippen molar-refractivity contribution in [3.63, 3.8) is 0 Å². The summed E-state index contributed by atoms with van der Waals surface area (Å²) in [5.41, 5.74) is 3.93. The summed E-state index contributed by atoms with van der Waals surface area (Å²) >= 11 is 12.8. The monoisotopic (exact) mass is 483 g/mol. The first kappa shape index (κ1) is 21.9. The minimum Gasteiger partial charge on any atom is -0.486 e.